The van der Waals surface area contributed by atoms with Crippen molar-refractivity contribution in [3.8, 4) is 0 Å². The zero-order valence-corrected chi connectivity index (χ0v) is 17.6. The van der Waals surface area contributed by atoms with Crippen LogP contribution in [0.25, 0.3) is 0 Å². The number of esters is 1. The Morgan fingerprint density at radius 2 is 1.85 bits per heavy atom. The third-order valence-corrected chi connectivity index (χ3v) is 5.32. The lowest BCUT2D eigenvalue weighted by atomic mass is 9.79. The van der Waals surface area contributed by atoms with Gasteiger partial charge in [0.05, 0.1) is 24.7 Å². The summed E-state index contributed by atoms with van der Waals surface area (Å²) in [5.41, 5.74) is 5.14. The summed E-state index contributed by atoms with van der Waals surface area (Å²) in [5.74, 6) is -1.88. The fraction of sp³-hybridized carbons (Fsp3) is 0.895. The number of rotatable bonds is 7. The Hall–Kier alpha value is -1.38. The maximum atomic E-state index is 12.3. The van der Waals surface area contributed by atoms with Gasteiger partial charge in [0.25, 0.3) is 0 Å². The molecule has 0 aromatic heterocycles. The number of carbonyl (C=O) groups is 2. The Bertz CT molecular complexity index is 521. The van der Waals surface area contributed by atoms with Gasteiger partial charge in [0, 0.05) is 25.1 Å². The highest BCUT2D eigenvalue weighted by Crippen LogP contribution is 2.39. The molecule has 0 aromatic rings. The zero-order valence-electron chi connectivity index (χ0n) is 17.6. The van der Waals surface area contributed by atoms with Crippen molar-refractivity contribution in [3.63, 3.8) is 0 Å². The molecular formula is C19H36N2O6. The number of ether oxygens (including phenoxy) is 3. The average Bonchev–Trinajstić information content (AvgIpc) is 2.87. The van der Waals surface area contributed by atoms with E-state index in [9.17, 15) is 14.7 Å². The van der Waals surface area contributed by atoms with Gasteiger partial charge in [-0.05, 0) is 40.5 Å². The SMILES string of the molecule is CCC[C@](C)(OC)[C@H](N)[C@H]1[C@H](O)[C@@H](C(=O)OC)C[C@H]1NC(=O)OC(C)(C)C. The summed E-state index contributed by atoms with van der Waals surface area (Å²) >= 11 is 0. The van der Waals surface area contributed by atoms with Gasteiger partial charge >= 0.3 is 12.1 Å². The smallest absolute Gasteiger partial charge is 0.407 e. The van der Waals surface area contributed by atoms with E-state index in [-0.39, 0.29) is 6.42 Å². The van der Waals surface area contributed by atoms with Crippen LogP contribution in [0.15, 0.2) is 0 Å². The van der Waals surface area contributed by atoms with Gasteiger partial charge in [0.15, 0.2) is 0 Å². The standard InChI is InChI=1S/C19H36N2O6/c1-8-9-19(5,26-7)15(20)13-12(21-17(24)27-18(2,3)4)10-11(14(13)22)16(23)25-6/h11-15,22H,8-10,20H2,1-7H3,(H,21,24)/t11-,12+,13+,14+,15+,19-/m0/s1. The minimum atomic E-state index is -1.06. The van der Waals surface area contributed by atoms with Crippen LogP contribution >= 0.6 is 0 Å². The van der Waals surface area contributed by atoms with Crippen molar-refractivity contribution in [2.24, 2.45) is 17.6 Å². The molecule has 0 aromatic carbocycles. The number of alkyl carbamates (subject to hydrolysis) is 1. The third kappa shape index (κ3) is 5.80. The molecule has 1 amide bonds. The Balaban J connectivity index is 3.12. The molecule has 1 saturated carbocycles. The first-order chi connectivity index (χ1) is 12.4. The number of hydrogen-bond donors (Lipinski definition) is 3. The Labute approximate surface area is 162 Å². The number of aliphatic hydroxyl groups excluding tert-OH is 1. The van der Waals surface area contributed by atoms with Crippen molar-refractivity contribution in [3.05, 3.63) is 0 Å². The van der Waals surface area contributed by atoms with Crippen LogP contribution in [0.3, 0.4) is 0 Å². The molecule has 1 fully saturated rings. The molecule has 0 unspecified atom stereocenters. The van der Waals surface area contributed by atoms with Gasteiger partial charge in [0.1, 0.15) is 5.60 Å². The van der Waals surface area contributed by atoms with Crippen LogP contribution in [0.4, 0.5) is 4.79 Å². The predicted molar refractivity (Wildman–Crippen MR) is 101 cm³/mol. The van der Waals surface area contributed by atoms with Gasteiger partial charge < -0.3 is 30.4 Å². The van der Waals surface area contributed by atoms with Crippen LogP contribution in [0.5, 0.6) is 0 Å². The number of nitrogens with one attached hydrogen (secondary N) is 1. The van der Waals surface area contributed by atoms with Gasteiger partial charge in [-0.2, -0.15) is 0 Å². The highest BCUT2D eigenvalue weighted by atomic mass is 16.6. The lowest BCUT2D eigenvalue weighted by molar-refractivity contribution is -0.149. The van der Waals surface area contributed by atoms with E-state index in [1.54, 1.807) is 27.9 Å². The topological polar surface area (TPSA) is 120 Å². The molecule has 0 saturated heterocycles. The number of hydrogen-bond acceptors (Lipinski definition) is 7. The first-order valence-corrected chi connectivity index (χ1v) is 9.46. The molecule has 1 aliphatic carbocycles. The number of methoxy groups -OCH3 is 2. The summed E-state index contributed by atoms with van der Waals surface area (Å²) in [5, 5.41) is 13.6. The van der Waals surface area contributed by atoms with E-state index in [4.69, 9.17) is 19.9 Å². The van der Waals surface area contributed by atoms with Crippen LogP contribution in [0.2, 0.25) is 0 Å². The van der Waals surface area contributed by atoms with E-state index in [0.29, 0.717) is 6.42 Å². The van der Waals surface area contributed by atoms with Crippen molar-refractivity contribution in [1.29, 1.82) is 0 Å². The second-order valence-electron chi connectivity index (χ2n) is 8.48. The van der Waals surface area contributed by atoms with Crippen LogP contribution in [0, 0.1) is 11.8 Å². The molecule has 8 nitrogen and oxygen atoms in total. The zero-order chi connectivity index (χ0) is 21.0. The van der Waals surface area contributed by atoms with E-state index >= 15 is 0 Å². The first kappa shape index (κ1) is 23.7. The molecule has 8 heteroatoms. The fourth-order valence-electron chi connectivity index (χ4n) is 3.85. The van der Waals surface area contributed by atoms with Crippen molar-refractivity contribution in [2.75, 3.05) is 14.2 Å². The normalized spacial score (nSPS) is 28.9. The molecule has 0 spiro atoms. The highest BCUT2D eigenvalue weighted by molar-refractivity contribution is 5.74. The van der Waals surface area contributed by atoms with Gasteiger partial charge in [-0.25, -0.2) is 4.79 Å². The van der Waals surface area contributed by atoms with E-state index in [0.717, 1.165) is 6.42 Å². The fourth-order valence-corrected chi connectivity index (χ4v) is 3.85. The Morgan fingerprint density at radius 3 is 2.30 bits per heavy atom. The molecule has 1 rings (SSSR count). The summed E-state index contributed by atoms with van der Waals surface area (Å²) in [6.45, 7) is 9.19. The molecule has 0 heterocycles. The Morgan fingerprint density at radius 1 is 1.26 bits per heavy atom. The molecule has 158 valence electrons. The second-order valence-corrected chi connectivity index (χ2v) is 8.48. The first-order valence-electron chi connectivity index (χ1n) is 9.46. The summed E-state index contributed by atoms with van der Waals surface area (Å²) in [6.07, 6.45) is 0.0643. The summed E-state index contributed by atoms with van der Waals surface area (Å²) in [4.78, 5) is 24.4. The number of carbonyl (C=O) groups excluding carboxylic acids is 2. The minimum absolute atomic E-state index is 0.220. The summed E-state index contributed by atoms with van der Waals surface area (Å²) in [7, 11) is 2.85. The Kier molecular flexibility index (Phi) is 8.07. The second kappa shape index (κ2) is 9.21. The van der Waals surface area contributed by atoms with Crippen LogP contribution < -0.4 is 11.1 Å². The monoisotopic (exact) mass is 388 g/mol. The van der Waals surface area contributed by atoms with E-state index in [1.165, 1.54) is 7.11 Å². The quantitative estimate of drug-likeness (QED) is 0.566. The molecule has 0 radical (unpaired) electrons. The predicted octanol–water partition coefficient (Wildman–Crippen LogP) is 1.58. The number of amides is 1. The largest absolute Gasteiger partial charge is 0.469 e. The average molecular weight is 389 g/mol. The molecule has 6 atom stereocenters. The maximum Gasteiger partial charge on any atom is 0.407 e. The highest BCUT2D eigenvalue weighted by Gasteiger charge is 2.53. The van der Waals surface area contributed by atoms with Gasteiger partial charge in [-0.15, -0.1) is 0 Å². The van der Waals surface area contributed by atoms with E-state index in [1.807, 2.05) is 13.8 Å². The van der Waals surface area contributed by atoms with Crippen molar-refractivity contribution in [2.45, 2.75) is 83.3 Å². The third-order valence-electron chi connectivity index (χ3n) is 5.32. The van der Waals surface area contributed by atoms with E-state index < -0.39 is 53.3 Å². The number of nitrogens with two attached hydrogens (primary N) is 1. The molecular weight excluding hydrogens is 352 g/mol. The van der Waals surface area contributed by atoms with E-state index in [2.05, 4.69) is 5.32 Å². The van der Waals surface area contributed by atoms with Crippen molar-refractivity contribution >= 4 is 12.1 Å². The number of aliphatic hydroxyl groups is 1. The molecule has 0 bridgehead atoms. The summed E-state index contributed by atoms with van der Waals surface area (Å²) < 4.78 is 15.8. The maximum absolute atomic E-state index is 12.3. The minimum Gasteiger partial charge on any atom is -0.469 e. The molecule has 1 aliphatic rings. The van der Waals surface area contributed by atoms with Crippen LogP contribution in [0.1, 0.15) is 53.9 Å². The van der Waals surface area contributed by atoms with Crippen molar-refractivity contribution < 1.29 is 28.9 Å². The van der Waals surface area contributed by atoms with Gasteiger partial charge in [-0.1, -0.05) is 13.3 Å². The van der Waals surface area contributed by atoms with Crippen LogP contribution in [-0.2, 0) is 19.0 Å². The van der Waals surface area contributed by atoms with Crippen LogP contribution in [-0.4, -0.2) is 60.8 Å². The molecule has 4 N–H and O–H groups in total. The lowest BCUT2D eigenvalue weighted by Gasteiger charge is -2.40. The molecule has 27 heavy (non-hydrogen) atoms. The lowest BCUT2D eigenvalue weighted by Crippen LogP contribution is -2.58. The summed E-state index contributed by atoms with van der Waals surface area (Å²) in [6, 6.07) is -1.15. The van der Waals surface area contributed by atoms with Gasteiger partial charge in [-0.3, -0.25) is 4.79 Å². The van der Waals surface area contributed by atoms with Crippen molar-refractivity contribution in [1.82, 2.24) is 5.32 Å². The van der Waals surface area contributed by atoms with Gasteiger partial charge in [0.2, 0.25) is 0 Å². The molecule has 0 aliphatic heterocycles.